The Morgan fingerprint density at radius 3 is 2.58 bits per heavy atom. The summed E-state index contributed by atoms with van der Waals surface area (Å²) in [5.41, 5.74) is 2.06. The van der Waals surface area contributed by atoms with Gasteiger partial charge in [-0.3, -0.25) is 9.10 Å². The molecule has 26 heavy (non-hydrogen) atoms. The van der Waals surface area contributed by atoms with Gasteiger partial charge in [0.15, 0.2) is 6.10 Å². The van der Waals surface area contributed by atoms with Gasteiger partial charge in [0.2, 0.25) is 10.0 Å². The van der Waals surface area contributed by atoms with E-state index in [9.17, 15) is 13.2 Å². The van der Waals surface area contributed by atoms with Crippen LogP contribution in [0.4, 0.5) is 11.4 Å². The van der Waals surface area contributed by atoms with E-state index in [0.29, 0.717) is 17.1 Å². The average molecular weight is 486 g/mol. The Labute approximate surface area is 166 Å². The van der Waals surface area contributed by atoms with E-state index in [2.05, 4.69) is 27.9 Å². The van der Waals surface area contributed by atoms with Gasteiger partial charge in [0.1, 0.15) is 5.75 Å². The third kappa shape index (κ3) is 4.29. The number of sulfonamides is 1. The number of benzene rings is 2. The third-order valence-electron chi connectivity index (χ3n) is 4.05. The first-order valence-corrected chi connectivity index (χ1v) is 11.0. The van der Waals surface area contributed by atoms with Crippen molar-refractivity contribution in [1.82, 2.24) is 0 Å². The molecular weight excluding hydrogens is 467 g/mol. The van der Waals surface area contributed by atoms with E-state index in [4.69, 9.17) is 4.74 Å². The van der Waals surface area contributed by atoms with Crippen LogP contribution in [-0.2, 0) is 14.8 Å². The SMILES string of the molecule is Cc1ccc2c(c1)N(S(C)(=O)=O)CCC(C(=O)Nc1ccc(I)cc1)O2. The van der Waals surface area contributed by atoms with Crippen LogP contribution in [0.25, 0.3) is 0 Å². The summed E-state index contributed by atoms with van der Waals surface area (Å²) in [7, 11) is -3.47. The number of fused-ring (bicyclic) bond motifs is 1. The van der Waals surface area contributed by atoms with Gasteiger partial charge in [-0.05, 0) is 71.5 Å². The molecule has 0 fully saturated rings. The van der Waals surface area contributed by atoms with Crippen LogP contribution >= 0.6 is 22.6 Å². The standard InChI is InChI=1S/C18H19IN2O4S/c1-12-3-8-16-15(11-12)21(26(2,23)24)10-9-17(25-16)18(22)20-14-6-4-13(19)5-7-14/h3-8,11,17H,9-10H2,1-2H3,(H,20,22). The Morgan fingerprint density at radius 2 is 1.92 bits per heavy atom. The summed E-state index contributed by atoms with van der Waals surface area (Å²) in [5.74, 6) is 0.0920. The highest BCUT2D eigenvalue weighted by molar-refractivity contribution is 14.1. The first-order valence-electron chi connectivity index (χ1n) is 8.05. The van der Waals surface area contributed by atoms with Crippen molar-refractivity contribution < 1.29 is 17.9 Å². The topological polar surface area (TPSA) is 75.7 Å². The fraction of sp³-hybridized carbons (Fsp3) is 0.278. The predicted octanol–water partition coefficient (Wildman–Crippen LogP) is 3.16. The van der Waals surface area contributed by atoms with Gasteiger partial charge < -0.3 is 10.1 Å². The number of aryl methyl sites for hydroxylation is 1. The second-order valence-electron chi connectivity index (χ2n) is 6.20. The van der Waals surface area contributed by atoms with Crippen LogP contribution in [0.15, 0.2) is 42.5 Å². The Hall–Kier alpha value is -1.81. The molecular formula is C18H19IN2O4S. The number of rotatable bonds is 3. The van der Waals surface area contributed by atoms with E-state index in [1.807, 2.05) is 37.3 Å². The molecule has 3 rings (SSSR count). The van der Waals surface area contributed by atoms with Crippen molar-refractivity contribution in [3.8, 4) is 5.75 Å². The Kier molecular flexibility index (Phi) is 5.42. The lowest BCUT2D eigenvalue weighted by Crippen LogP contribution is -2.35. The largest absolute Gasteiger partial charge is 0.478 e. The van der Waals surface area contributed by atoms with Crippen LogP contribution in [0.3, 0.4) is 0 Å². The first-order chi connectivity index (χ1) is 12.2. The molecule has 1 heterocycles. The summed E-state index contributed by atoms with van der Waals surface area (Å²) in [6.07, 6.45) is 0.643. The van der Waals surface area contributed by atoms with Gasteiger partial charge >= 0.3 is 0 Å². The Balaban J connectivity index is 1.86. The number of hydrogen-bond acceptors (Lipinski definition) is 4. The minimum Gasteiger partial charge on any atom is -0.478 e. The molecule has 0 spiro atoms. The molecule has 1 atom stereocenters. The van der Waals surface area contributed by atoms with Crippen LogP contribution in [0.2, 0.25) is 0 Å². The molecule has 1 unspecified atom stereocenters. The van der Waals surface area contributed by atoms with E-state index in [-0.39, 0.29) is 18.9 Å². The molecule has 0 aliphatic carbocycles. The molecule has 1 aliphatic heterocycles. The summed E-state index contributed by atoms with van der Waals surface area (Å²) < 4.78 is 32.6. The average Bonchev–Trinajstić information content (AvgIpc) is 2.76. The van der Waals surface area contributed by atoms with Gasteiger partial charge in [-0.15, -0.1) is 0 Å². The highest BCUT2D eigenvalue weighted by Gasteiger charge is 2.31. The summed E-state index contributed by atoms with van der Waals surface area (Å²) >= 11 is 2.19. The molecule has 2 aromatic carbocycles. The Bertz CT molecular complexity index is 929. The van der Waals surface area contributed by atoms with Crippen molar-refractivity contribution in [2.75, 3.05) is 22.4 Å². The van der Waals surface area contributed by atoms with Crippen LogP contribution in [0.1, 0.15) is 12.0 Å². The molecule has 0 radical (unpaired) electrons. The molecule has 1 aliphatic rings. The third-order valence-corrected chi connectivity index (χ3v) is 5.95. The Morgan fingerprint density at radius 1 is 1.23 bits per heavy atom. The zero-order chi connectivity index (χ0) is 18.9. The van der Waals surface area contributed by atoms with Gasteiger partial charge in [-0.1, -0.05) is 6.07 Å². The van der Waals surface area contributed by atoms with Crippen molar-refractivity contribution in [2.24, 2.45) is 0 Å². The van der Waals surface area contributed by atoms with Gasteiger partial charge in [0, 0.05) is 22.2 Å². The number of nitrogens with zero attached hydrogens (tertiary/aromatic N) is 1. The quantitative estimate of drug-likeness (QED) is 0.677. The lowest BCUT2D eigenvalue weighted by atomic mass is 10.2. The fourth-order valence-corrected chi connectivity index (χ4v) is 4.07. The van der Waals surface area contributed by atoms with Crippen molar-refractivity contribution in [1.29, 1.82) is 0 Å². The highest BCUT2D eigenvalue weighted by atomic mass is 127. The maximum absolute atomic E-state index is 12.6. The second kappa shape index (κ2) is 7.43. The smallest absolute Gasteiger partial charge is 0.265 e. The number of carbonyl (C=O) groups excluding carboxylic acids is 1. The van der Waals surface area contributed by atoms with Crippen molar-refractivity contribution in [2.45, 2.75) is 19.4 Å². The molecule has 6 nitrogen and oxygen atoms in total. The van der Waals surface area contributed by atoms with E-state index < -0.39 is 16.1 Å². The molecule has 0 aromatic heterocycles. The van der Waals surface area contributed by atoms with Crippen LogP contribution in [0.5, 0.6) is 5.75 Å². The van der Waals surface area contributed by atoms with Crippen LogP contribution < -0.4 is 14.4 Å². The highest BCUT2D eigenvalue weighted by Crippen LogP contribution is 2.35. The van der Waals surface area contributed by atoms with Gasteiger partial charge in [0.05, 0.1) is 11.9 Å². The van der Waals surface area contributed by atoms with Crippen LogP contribution in [-0.4, -0.2) is 33.2 Å². The van der Waals surface area contributed by atoms with Gasteiger partial charge in [0.25, 0.3) is 5.91 Å². The zero-order valence-corrected chi connectivity index (χ0v) is 17.4. The molecule has 0 saturated carbocycles. The lowest BCUT2D eigenvalue weighted by molar-refractivity contribution is -0.122. The van der Waals surface area contributed by atoms with Crippen molar-refractivity contribution >= 4 is 49.9 Å². The minimum atomic E-state index is -3.47. The van der Waals surface area contributed by atoms with E-state index in [1.54, 1.807) is 12.1 Å². The molecule has 1 N–H and O–H groups in total. The summed E-state index contributed by atoms with van der Waals surface area (Å²) in [5, 5.41) is 2.83. The number of ether oxygens (including phenoxy) is 1. The van der Waals surface area contributed by atoms with Crippen LogP contribution in [0, 0.1) is 10.5 Å². The monoisotopic (exact) mass is 486 g/mol. The van der Waals surface area contributed by atoms with E-state index >= 15 is 0 Å². The first kappa shape index (κ1) is 19.0. The summed E-state index contributed by atoms with van der Waals surface area (Å²) in [6, 6.07) is 12.7. The number of halogens is 1. The minimum absolute atomic E-state index is 0.181. The van der Waals surface area contributed by atoms with Crippen molar-refractivity contribution in [3.63, 3.8) is 0 Å². The molecule has 1 amide bonds. The maximum Gasteiger partial charge on any atom is 0.265 e. The number of carbonyl (C=O) groups is 1. The summed E-state index contributed by atoms with van der Waals surface area (Å²) in [6.45, 7) is 2.06. The molecule has 0 bridgehead atoms. The molecule has 138 valence electrons. The normalized spacial score (nSPS) is 17.0. The molecule has 2 aromatic rings. The number of nitrogens with one attached hydrogen (secondary N) is 1. The fourth-order valence-electron chi connectivity index (χ4n) is 2.77. The number of hydrogen-bond donors (Lipinski definition) is 1. The predicted molar refractivity (Wildman–Crippen MR) is 110 cm³/mol. The molecule has 8 heteroatoms. The second-order valence-corrected chi connectivity index (χ2v) is 9.35. The van der Waals surface area contributed by atoms with Gasteiger partial charge in [-0.25, -0.2) is 8.42 Å². The number of amides is 1. The molecule has 0 saturated heterocycles. The van der Waals surface area contributed by atoms with E-state index in [1.165, 1.54) is 4.31 Å². The van der Waals surface area contributed by atoms with Gasteiger partial charge in [-0.2, -0.15) is 0 Å². The summed E-state index contributed by atoms with van der Waals surface area (Å²) in [4.78, 5) is 12.6. The maximum atomic E-state index is 12.6. The van der Waals surface area contributed by atoms with E-state index in [0.717, 1.165) is 15.4 Å². The van der Waals surface area contributed by atoms with Crippen molar-refractivity contribution in [3.05, 3.63) is 51.6 Å². The number of anilines is 2. The lowest BCUT2D eigenvalue weighted by Gasteiger charge is -2.21. The zero-order valence-electron chi connectivity index (χ0n) is 14.4.